The molecular weight excluding hydrogens is 208 g/mol. The average Bonchev–Trinajstić information content (AvgIpc) is 2.88. The van der Waals surface area contributed by atoms with Crippen LogP contribution >= 0.6 is 0 Å². The number of hydrogen-bond donors (Lipinski definition) is 0. The van der Waals surface area contributed by atoms with Crippen molar-refractivity contribution in [2.24, 2.45) is 0 Å². The SMILES string of the molecule is CCCO[Si](C)(CC1OC1C)OCCC. The van der Waals surface area contributed by atoms with Gasteiger partial charge in [-0.1, -0.05) is 13.8 Å². The summed E-state index contributed by atoms with van der Waals surface area (Å²) in [4.78, 5) is 0. The zero-order chi connectivity index (χ0) is 11.3. The van der Waals surface area contributed by atoms with Gasteiger partial charge in [-0.15, -0.1) is 0 Å². The quantitative estimate of drug-likeness (QED) is 0.476. The molecule has 4 heteroatoms. The fourth-order valence-corrected chi connectivity index (χ4v) is 4.36. The lowest BCUT2D eigenvalue weighted by atomic mass is 10.4. The third-order valence-electron chi connectivity index (χ3n) is 2.63. The van der Waals surface area contributed by atoms with Crippen molar-refractivity contribution in [2.45, 2.75) is 58.4 Å². The van der Waals surface area contributed by atoms with Crippen LogP contribution in [0, 0.1) is 0 Å². The molecule has 0 radical (unpaired) electrons. The Morgan fingerprint density at radius 1 is 1.13 bits per heavy atom. The van der Waals surface area contributed by atoms with Crippen LogP contribution in [0.3, 0.4) is 0 Å². The van der Waals surface area contributed by atoms with Crippen LogP contribution in [0.2, 0.25) is 12.6 Å². The zero-order valence-corrected chi connectivity index (χ0v) is 11.4. The first-order valence-electron chi connectivity index (χ1n) is 6.04. The predicted molar refractivity (Wildman–Crippen MR) is 63.2 cm³/mol. The van der Waals surface area contributed by atoms with Crippen LogP contribution < -0.4 is 0 Å². The predicted octanol–water partition coefficient (Wildman–Crippen LogP) is 2.70. The minimum absolute atomic E-state index is 0.385. The van der Waals surface area contributed by atoms with Gasteiger partial charge in [-0.05, 0) is 26.3 Å². The van der Waals surface area contributed by atoms with Crippen molar-refractivity contribution in [3.63, 3.8) is 0 Å². The van der Waals surface area contributed by atoms with Gasteiger partial charge in [-0.2, -0.15) is 0 Å². The molecule has 0 spiro atoms. The molecule has 0 saturated carbocycles. The highest BCUT2D eigenvalue weighted by Gasteiger charge is 2.44. The van der Waals surface area contributed by atoms with Gasteiger partial charge in [0.05, 0.1) is 12.2 Å². The molecule has 90 valence electrons. The third kappa shape index (κ3) is 4.63. The van der Waals surface area contributed by atoms with Crippen molar-refractivity contribution in [1.29, 1.82) is 0 Å². The second-order valence-corrected chi connectivity index (χ2v) is 7.67. The Morgan fingerprint density at radius 3 is 1.93 bits per heavy atom. The van der Waals surface area contributed by atoms with E-state index in [2.05, 4.69) is 27.3 Å². The molecule has 0 aromatic carbocycles. The summed E-state index contributed by atoms with van der Waals surface area (Å²) >= 11 is 0. The minimum atomic E-state index is -1.96. The van der Waals surface area contributed by atoms with Crippen molar-refractivity contribution in [3.8, 4) is 0 Å². The van der Waals surface area contributed by atoms with E-state index >= 15 is 0 Å². The number of hydrogen-bond acceptors (Lipinski definition) is 3. The minimum Gasteiger partial charge on any atom is -0.394 e. The molecule has 15 heavy (non-hydrogen) atoms. The smallest absolute Gasteiger partial charge is 0.337 e. The summed E-state index contributed by atoms with van der Waals surface area (Å²) in [6.45, 7) is 10.2. The van der Waals surface area contributed by atoms with Crippen LogP contribution in [-0.2, 0) is 13.6 Å². The van der Waals surface area contributed by atoms with Crippen LogP contribution in [-0.4, -0.2) is 34.0 Å². The molecule has 2 unspecified atom stereocenters. The number of epoxide rings is 1. The second-order valence-electron chi connectivity index (χ2n) is 4.41. The van der Waals surface area contributed by atoms with Gasteiger partial charge >= 0.3 is 8.56 Å². The van der Waals surface area contributed by atoms with Crippen molar-refractivity contribution < 1.29 is 13.6 Å². The first-order chi connectivity index (χ1) is 7.11. The number of ether oxygens (including phenoxy) is 1. The number of rotatable bonds is 8. The molecule has 3 nitrogen and oxygen atoms in total. The van der Waals surface area contributed by atoms with E-state index in [0.29, 0.717) is 12.2 Å². The van der Waals surface area contributed by atoms with E-state index in [1.54, 1.807) is 0 Å². The zero-order valence-electron chi connectivity index (χ0n) is 10.4. The Morgan fingerprint density at radius 2 is 1.60 bits per heavy atom. The van der Waals surface area contributed by atoms with Gasteiger partial charge in [0.25, 0.3) is 0 Å². The highest BCUT2D eigenvalue weighted by atomic mass is 28.4. The Bertz CT molecular complexity index is 179. The van der Waals surface area contributed by atoms with Gasteiger partial charge in [0.2, 0.25) is 0 Å². The summed E-state index contributed by atoms with van der Waals surface area (Å²) < 4.78 is 17.3. The van der Waals surface area contributed by atoms with Crippen molar-refractivity contribution in [3.05, 3.63) is 0 Å². The lowest BCUT2D eigenvalue weighted by Gasteiger charge is -2.26. The first-order valence-corrected chi connectivity index (χ1v) is 8.57. The van der Waals surface area contributed by atoms with E-state index in [9.17, 15) is 0 Å². The highest BCUT2D eigenvalue weighted by Crippen LogP contribution is 2.31. The molecule has 1 aliphatic heterocycles. The summed E-state index contributed by atoms with van der Waals surface area (Å²) in [7, 11) is -1.96. The maximum atomic E-state index is 5.92. The molecule has 1 fully saturated rings. The van der Waals surface area contributed by atoms with Gasteiger partial charge in [-0.3, -0.25) is 0 Å². The monoisotopic (exact) mass is 232 g/mol. The molecule has 0 amide bonds. The Balaban J connectivity index is 2.35. The molecule has 1 rings (SSSR count). The average molecular weight is 232 g/mol. The van der Waals surface area contributed by atoms with E-state index in [4.69, 9.17) is 13.6 Å². The maximum Gasteiger partial charge on any atom is 0.337 e. The van der Waals surface area contributed by atoms with Crippen LogP contribution in [0.25, 0.3) is 0 Å². The molecular formula is C11H24O3Si. The Hall–Kier alpha value is 0.0969. The molecule has 1 saturated heterocycles. The standard InChI is InChI=1S/C11H24O3Si/c1-5-7-12-15(4,13-8-6-2)9-11-10(3)14-11/h10-11H,5-9H2,1-4H3. The van der Waals surface area contributed by atoms with Crippen LogP contribution in [0.4, 0.5) is 0 Å². The van der Waals surface area contributed by atoms with Gasteiger partial charge < -0.3 is 13.6 Å². The first kappa shape index (κ1) is 13.2. The van der Waals surface area contributed by atoms with Crippen molar-refractivity contribution in [1.82, 2.24) is 0 Å². The van der Waals surface area contributed by atoms with Gasteiger partial charge in [0.1, 0.15) is 0 Å². The second kappa shape index (κ2) is 5.99. The van der Waals surface area contributed by atoms with Crippen LogP contribution in [0.15, 0.2) is 0 Å². The summed E-state index contributed by atoms with van der Waals surface area (Å²) in [6, 6.07) is 0.980. The fourth-order valence-electron chi connectivity index (χ4n) is 1.61. The van der Waals surface area contributed by atoms with Gasteiger partial charge in [-0.25, -0.2) is 0 Å². The molecule has 1 aliphatic rings. The molecule has 0 N–H and O–H groups in total. The molecule has 1 heterocycles. The van der Waals surface area contributed by atoms with Crippen molar-refractivity contribution in [2.75, 3.05) is 13.2 Å². The van der Waals surface area contributed by atoms with Crippen LogP contribution in [0.1, 0.15) is 33.6 Å². The van der Waals surface area contributed by atoms with E-state index in [0.717, 1.165) is 32.1 Å². The van der Waals surface area contributed by atoms with Crippen molar-refractivity contribution >= 4 is 8.56 Å². The lowest BCUT2D eigenvalue weighted by molar-refractivity contribution is 0.170. The topological polar surface area (TPSA) is 31.0 Å². The molecule has 0 bridgehead atoms. The van der Waals surface area contributed by atoms with Gasteiger partial charge in [0.15, 0.2) is 0 Å². The summed E-state index contributed by atoms with van der Waals surface area (Å²) in [5.74, 6) is 0. The fraction of sp³-hybridized carbons (Fsp3) is 1.00. The van der Waals surface area contributed by atoms with Crippen LogP contribution in [0.5, 0.6) is 0 Å². The van der Waals surface area contributed by atoms with E-state index in [-0.39, 0.29) is 0 Å². The molecule has 0 aliphatic carbocycles. The summed E-state index contributed by atoms with van der Waals surface area (Å²) in [5.41, 5.74) is 0. The molecule has 2 atom stereocenters. The third-order valence-corrected chi connectivity index (χ3v) is 5.40. The van der Waals surface area contributed by atoms with E-state index in [1.807, 2.05) is 0 Å². The van der Waals surface area contributed by atoms with Gasteiger partial charge in [0, 0.05) is 19.3 Å². The summed E-state index contributed by atoms with van der Waals surface area (Å²) in [5, 5.41) is 0. The molecule has 0 aromatic rings. The Labute approximate surface area is 94.4 Å². The Kier molecular flexibility index (Phi) is 5.25. The summed E-state index contributed by atoms with van der Waals surface area (Å²) in [6.07, 6.45) is 2.90. The normalized spacial score (nSPS) is 25.6. The highest BCUT2D eigenvalue weighted by molar-refractivity contribution is 6.66. The molecule has 0 aromatic heterocycles. The largest absolute Gasteiger partial charge is 0.394 e. The maximum absolute atomic E-state index is 5.92. The lowest BCUT2D eigenvalue weighted by Crippen LogP contribution is -2.40. The van der Waals surface area contributed by atoms with E-state index < -0.39 is 8.56 Å². The van der Waals surface area contributed by atoms with E-state index in [1.165, 1.54) is 0 Å².